The van der Waals surface area contributed by atoms with Crippen molar-refractivity contribution in [1.29, 1.82) is 0 Å². The van der Waals surface area contributed by atoms with Gasteiger partial charge in [0.15, 0.2) is 5.96 Å². The van der Waals surface area contributed by atoms with Gasteiger partial charge in [0.05, 0.1) is 31.5 Å². The minimum atomic E-state index is 0. The first-order valence-electron chi connectivity index (χ1n) is 9.49. The number of morpholine rings is 1. The highest BCUT2D eigenvalue weighted by Crippen LogP contribution is 2.21. The van der Waals surface area contributed by atoms with Gasteiger partial charge in [-0.3, -0.25) is 14.9 Å². The number of ether oxygens (including phenoxy) is 1. The number of halogens is 1. The summed E-state index contributed by atoms with van der Waals surface area (Å²) < 4.78 is 5.53. The molecule has 3 rings (SSSR count). The molecule has 0 amide bonds. The third-order valence-electron chi connectivity index (χ3n) is 4.80. The first-order valence-corrected chi connectivity index (χ1v) is 9.49. The van der Waals surface area contributed by atoms with Crippen molar-refractivity contribution in [2.45, 2.75) is 19.5 Å². The zero-order valence-electron chi connectivity index (χ0n) is 16.6. The number of benzene rings is 1. The molecule has 7 heteroatoms. The SMILES string of the molecule is CN=C(NCc1ccccn1)NCC(c1ccc(C)cc1)N1CCOCC1.I. The molecule has 1 fully saturated rings. The summed E-state index contributed by atoms with van der Waals surface area (Å²) in [6.45, 7) is 7.01. The average Bonchev–Trinajstić information content (AvgIpc) is 2.73. The molecule has 152 valence electrons. The molecule has 0 radical (unpaired) electrons. The van der Waals surface area contributed by atoms with E-state index in [4.69, 9.17) is 4.74 Å². The number of guanidine groups is 1. The van der Waals surface area contributed by atoms with Crippen LogP contribution in [0.4, 0.5) is 0 Å². The number of aryl methyl sites for hydroxylation is 1. The summed E-state index contributed by atoms with van der Waals surface area (Å²) >= 11 is 0. The molecule has 0 spiro atoms. The van der Waals surface area contributed by atoms with Gasteiger partial charge in [-0.2, -0.15) is 0 Å². The molecule has 1 unspecified atom stereocenters. The standard InChI is InChI=1S/C21H29N5O.HI/c1-17-6-8-18(9-7-17)20(26-11-13-27-14-12-26)16-25-21(22-2)24-15-19-5-3-4-10-23-19;/h3-10,20H,11-16H2,1-2H3,(H2,22,24,25);1H. The van der Waals surface area contributed by atoms with Crippen LogP contribution in [0.2, 0.25) is 0 Å². The third kappa shape index (κ3) is 6.72. The summed E-state index contributed by atoms with van der Waals surface area (Å²) in [5.74, 6) is 0.783. The van der Waals surface area contributed by atoms with E-state index in [2.05, 4.69) is 56.7 Å². The Morgan fingerprint density at radius 1 is 1.14 bits per heavy atom. The van der Waals surface area contributed by atoms with Gasteiger partial charge in [-0.05, 0) is 24.6 Å². The Labute approximate surface area is 184 Å². The minimum absolute atomic E-state index is 0. The molecule has 1 aliphatic rings. The van der Waals surface area contributed by atoms with Crippen LogP contribution in [-0.2, 0) is 11.3 Å². The predicted molar refractivity (Wildman–Crippen MR) is 124 cm³/mol. The summed E-state index contributed by atoms with van der Waals surface area (Å²) in [6, 6.07) is 15.0. The molecular weight excluding hydrogens is 465 g/mol. The van der Waals surface area contributed by atoms with Crippen molar-refractivity contribution in [3.8, 4) is 0 Å². The quantitative estimate of drug-likeness (QED) is 0.367. The smallest absolute Gasteiger partial charge is 0.191 e. The average molecular weight is 495 g/mol. The molecule has 2 N–H and O–H groups in total. The van der Waals surface area contributed by atoms with Gasteiger partial charge in [-0.15, -0.1) is 24.0 Å². The van der Waals surface area contributed by atoms with Crippen LogP contribution in [0.15, 0.2) is 53.7 Å². The van der Waals surface area contributed by atoms with Crippen LogP contribution in [0.5, 0.6) is 0 Å². The number of pyridine rings is 1. The second-order valence-electron chi connectivity index (χ2n) is 6.70. The van der Waals surface area contributed by atoms with E-state index in [1.54, 1.807) is 13.2 Å². The Morgan fingerprint density at radius 3 is 2.54 bits per heavy atom. The van der Waals surface area contributed by atoms with Gasteiger partial charge in [0.2, 0.25) is 0 Å². The van der Waals surface area contributed by atoms with Crippen molar-refractivity contribution < 1.29 is 4.74 Å². The van der Waals surface area contributed by atoms with E-state index >= 15 is 0 Å². The Balaban J connectivity index is 0.00000280. The fourth-order valence-electron chi connectivity index (χ4n) is 3.23. The van der Waals surface area contributed by atoms with E-state index in [1.165, 1.54) is 11.1 Å². The molecule has 1 atom stereocenters. The highest BCUT2D eigenvalue weighted by molar-refractivity contribution is 14.0. The van der Waals surface area contributed by atoms with Gasteiger partial charge >= 0.3 is 0 Å². The molecule has 1 aromatic heterocycles. The van der Waals surface area contributed by atoms with E-state index in [0.717, 1.165) is 44.5 Å². The summed E-state index contributed by atoms with van der Waals surface area (Å²) in [7, 11) is 1.80. The molecule has 1 aromatic carbocycles. The Bertz CT molecular complexity index is 717. The van der Waals surface area contributed by atoms with Gasteiger partial charge < -0.3 is 15.4 Å². The van der Waals surface area contributed by atoms with Gasteiger partial charge in [0.1, 0.15) is 0 Å². The Hall–Kier alpha value is -1.71. The fourth-order valence-corrected chi connectivity index (χ4v) is 3.23. The van der Waals surface area contributed by atoms with Crippen LogP contribution in [0.1, 0.15) is 22.9 Å². The van der Waals surface area contributed by atoms with Crippen LogP contribution in [-0.4, -0.2) is 55.7 Å². The molecule has 1 saturated heterocycles. The molecule has 6 nitrogen and oxygen atoms in total. The van der Waals surface area contributed by atoms with Crippen LogP contribution < -0.4 is 10.6 Å². The Kier molecular flexibility index (Phi) is 9.66. The van der Waals surface area contributed by atoms with Crippen molar-refractivity contribution in [1.82, 2.24) is 20.5 Å². The van der Waals surface area contributed by atoms with Crippen LogP contribution in [0.3, 0.4) is 0 Å². The molecule has 0 aliphatic carbocycles. The van der Waals surface area contributed by atoms with E-state index in [1.807, 2.05) is 18.2 Å². The van der Waals surface area contributed by atoms with Crippen molar-refractivity contribution >= 4 is 29.9 Å². The molecule has 0 bridgehead atoms. The molecule has 1 aliphatic heterocycles. The van der Waals surface area contributed by atoms with E-state index in [9.17, 15) is 0 Å². The largest absolute Gasteiger partial charge is 0.379 e. The van der Waals surface area contributed by atoms with Crippen molar-refractivity contribution in [2.75, 3.05) is 39.9 Å². The topological polar surface area (TPSA) is 61.8 Å². The van der Waals surface area contributed by atoms with Crippen LogP contribution >= 0.6 is 24.0 Å². The first kappa shape index (κ1) is 22.6. The molecule has 0 saturated carbocycles. The number of hydrogen-bond acceptors (Lipinski definition) is 4. The van der Waals surface area contributed by atoms with Crippen LogP contribution in [0.25, 0.3) is 0 Å². The normalized spacial score (nSPS) is 16.1. The second-order valence-corrected chi connectivity index (χ2v) is 6.70. The van der Waals surface area contributed by atoms with Gasteiger partial charge in [0, 0.05) is 32.9 Å². The van der Waals surface area contributed by atoms with Crippen molar-refractivity contribution in [2.24, 2.45) is 4.99 Å². The maximum atomic E-state index is 5.53. The van der Waals surface area contributed by atoms with Crippen molar-refractivity contribution in [3.63, 3.8) is 0 Å². The van der Waals surface area contributed by atoms with E-state index in [0.29, 0.717) is 6.54 Å². The summed E-state index contributed by atoms with van der Waals surface area (Å²) in [6.07, 6.45) is 1.80. The van der Waals surface area contributed by atoms with Gasteiger partial charge in [-0.1, -0.05) is 35.9 Å². The minimum Gasteiger partial charge on any atom is -0.379 e. The first-order chi connectivity index (χ1) is 13.3. The number of nitrogens with zero attached hydrogens (tertiary/aromatic N) is 3. The van der Waals surface area contributed by atoms with E-state index < -0.39 is 0 Å². The second kappa shape index (κ2) is 12.0. The number of rotatable bonds is 6. The van der Waals surface area contributed by atoms with E-state index in [-0.39, 0.29) is 30.0 Å². The molecule has 28 heavy (non-hydrogen) atoms. The lowest BCUT2D eigenvalue weighted by Crippen LogP contribution is -2.46. The lowest BCUT2D eigenvalue weighted by atomic mass is 10.0. The van der Waals surface area contributed by atoms with Gasteiger partial charge in [-0.25, -0.2) is 0 Å². The predicted octanol–water partition coefficient (Wildman–Crippen LogP) is 2.75. The summed E-state index contributed by atoms with van der Waals surface area (Å²) in [4.78, 5) is 11.2. The lowest BCUT2D eigenvalue weighted by molar-refractivity contribution is 0.0170. The number of nitrogens with one attached hydrogen (secondary N) is 2. The van der Waals surface area contributed by atoms with Gasteiger partial charge in [0.25, 0.3) is 0 Å². The highest BCUT2D eigenvalue weighted by atomic mass is 127. The monoisotopic (exact) mass is 495 g/mol. The zero-order chi connectivity index (χ0) is 18.9. The lowest BCUT2D eigenvalue weighted by Gasteiger charge is -2.35. The maximum Gasteiger partial charge on any atom is 0.191 e. The van der Waals surface area contributed by atoms with Crippen molar-refractivity contribution in [3.05, 3.63) is 65.5 Å². The summed E-state index contributed by atoms with van der Waals surface area (Å²) in [5, 5.41) is 6.82. The summed E-state index contributed by atoms with van der Waals surface area (Å²) in [5.41, 5.74) is 3.58. The zero-order valence-corrected chi connectivity index (χ0v) is 18.9. The third-order valence-corrected chi connectivity index (χ3v) is 4.80. The number of aromatic nitrogens is 1. The highest BCUT2D eigenvalue weighted by Gasteiger charge is 2.22. The number of hydrogen-bond donors (Lipinski definition) is 2. The molecule has 2 heterocycles. The molecule has 2 aromatic rings. The number of aliphatic imine (C=N–C) groups is 1. The van der Waals surface area contributed by atoms with Crippen LogP contribution in [0, 0.1) is 6.92 Å². The molecular formula is C21H30IN5O. The fraction of sp³-hybridized carbons (Fsp3) is 0.429. The Morgan fingerprint density at radius 2 is 1.89 bits per heavy atom. The maximum absolute atomic E-state index is 5.53.